The molecule has 0 saturated carbocycles. The van der Waals surface area contributed by atoms with E-state index in [0.717, 1.165) is 49.2 Å². The number of carbonyl (C=O) groups is 1. The number of aromatic amines is 1. The molecule has 0 radical (unpaired) electrons. The minimum absolute atomic E-state index is 0. The number of hydrogen-bond acceptors (Lipinski definition) is 3. The monoisotopic (exact) mass is 366 g/mol. The maximum Gasteiger partial charge on any atom is 0.275 e. The van der Waals surface area contributed by atoms with Crippen LogP contribution in [0.5, 0.6) is 0 Å². The Bertz CT molecular complexity index is 746. The van der Waals surface area contributed by atoms with Crippen molar-refractivity contribution < 1.29 is 4.79 Å². The van der Waals surface area contributed by atoms with Gasteiger partial charge in [-0.2, -0.15) is 5.10 Å². The van der Waals surface area contributed by atoms with Gasteiger partial charge >= 0.3 is 0 Å². The van der Waals surface area contributed by atoms with Crippen molar-refractivity contribution >= 4 is 29.9 Å². The van der Waals surface area contributed by atoms with Crippen LogP contribution in [0.1, 0.15) is 39.8 Å². The Morgan fingerprint density at radius 2 is 2.21 bits per heavy atom. The van der Waals surface area contributed by atoms with E-state index in [2.05, 4.69) is 15.5 Å². The molecule has 24 heavy (non-hydrogen) atoms. The highest BCUT2D eigenvalue weighted by Crippen LogP contribution is 2.29. The Morgan fingerprint density at radius 3 is 3.04 bits per heavy atom. The number of rotatable bonds is 2. The minimum atomic E-state index is -0.0105. The van der Waals surface area contributed by atoms with Crippen LogP contribution in [0.15, 0.2) is 24.3 Å². The van der Waals surface area contributed by atoms with Crippen molar-refractivity contribution in [2.24, 2.45) is 0 Å². The third-order valence-electron chi connectivity index (χ3n) is 4.75. The van der Waals surface area contributed by atoms with Gasteiger partial charge in [-0.25, -0.2) is 0 Å². The molecule has 128 valence electrons. The first kappa shape index (κ1) is 17.3. The van der Waals surface area contributed by atoms with E-state index in [1.807, 2.05) is 29.2 Å². The van der Waals surface area contributed by atoms with Gasteiger partial charge in [-0.05, 0) is 37.0 Å². The minimum Gasteiger partial charge on any atom is -0.328 e. The average molecular weight is 367 g/mol. The van der Waals surface area contributed by atoms with E-state index in [1.54, 1.807) is 0 Å². The number of nitrogens with one attached hydrogen (secondary N) is 2. The molecule has 0 spiro atoms. The maximum absolute atomic E-state index is 13.1. The van der Waals surface area contributed by atoms with E-state index in [0.29, 0.717) is 17.3 Å². The van der Waals surface area contributed by atoms with Crippen molar-refractivity contribution in [1.29, 1.82) is 0 Å². The second-order valence-electron chi connectivity index (χ2n) is 6.16. The number of aromatic nitrogens is 2. The van der Waals surface area contributed by atoms with Crippen LogP contribution < -0.4 is 5.32 Å². The molecule has 1 atom stereocenters. The summed E-state index contributed by atoms with van der Waals surface area (Å²) >= 11 is 6.13. The van der Waals surface area contributed by atoms with E-state index < -0.39 is 0 Å². The second-order valence-corrected chi connectivity index (χ2v) is 6.59. The summed E-state index contributed by atoms with van der Waals surface area (Å²) in [6.07, 6.45) is 3.04. The van der Waals surface area contributed by atoms with E-state index in [9.17, 15) is 4.79 Å². The summed E-state index contributed by atoms with van der Waals surface area (Å²) < 4.78 is 0. The Morgan fingerprint density at radius 1 is 1.33 bits per heavy atom. The van der Waals surface area contributed by atoms with Gasteiger partial charge in [0.1, 0.15) is 0 Å². The van der Waals surface area contributed by atoms with Gasteiger partial charge in [-0.1, -0.05) is 23.7 Å². The topological polar surface area (TPSA) is 61.0 Å². The zero-order valence-corrected chi connectivity index (χ0v) is 14.8. The molecule has 2 heterocycles. The molecule has 1 saturated heterocycles. The molecule has 1 amide bonds. The predicted molar refractivity (Wildman–Crippen MR) is 96.0 cm³/mol. The normalized spacial score (nSPS) is 19.7. The van der Waals surface area contributed by atoms with Crippen LogP contribution in [-0.2, 0) is 12.8 Å². The van der Waals surface area contributed by atoms with Crippen molar-refractivity contribution in [3.8, 4) is 0 Å². The predicted octanol–water partition coefficient (Wildman–Crippen LogP) is 2.76. The number of nitrogens with zero attached hydrogens (tertiary/aromatic N) is 2. The van der Waals surface area contributed by atoms with Gasteiger partial charge < -0.3 is 10.2 Å². The van der Waals surface area contributed by atoms with E-state index >= 15 is 0 Å². The number of amides is 1. The molecule has 7 heteroatoms. The number of piperazine rings is 1. The molecule has 1 aromatic heterocycles. The third kappa shape index (κ3) is 3.04. The summed E-state index contributed by atoms with van der Waals surface area (Å²) in [6, 6.07) is 7.74. The molecule has 2 aromatic rings. The van der Waals surface area contributed by atoms with Crippen molar-refractivity contribution in [2.75, 3.05) is 19.6 Å². The molecular weight excluding hydrogens is 347 g/mol. The molecule has 0 bridgehead atoms. The summed E-state index contributed by atoms with van der Waals surface area (Å²) in [5.41, 5.74) is 3.90. The molecule has 1 aliphatic heterocycles. The number of halogens is 2. The van der Waals surface area contributed by atoms with Gasteiger partial charge in [0, 0.05) is 35.9 Å². The third-order valence-corrected chi connectivity index (χ3v) is 4.98. The highest BCUT2D eigenvalue weighted by Gasteiger charge is 2.32. The Kier molecular flexibility index (Phi) is 5.13. The fraction of sp³-hybridized carbons (Fsp3) is 0.412. The molecule has 1 fully saturated rings. The lowest BCUT2D eigenvalue weighted by atomic mass is 10.0. The van der Waals surface area contributed by atoms with E-state index in [-0.39, 0.29) is 24.4 Å². The molecule has 2 N–H and O–H groups in total. The van der Waals surface area contributed by atoms with Crippen LogP contribution in [0.4, 0.5) is 0 Å². The van der Waals surface area contributed by atoms with E-state index in [4.69, 9.17) is 11.6 Å². The smallest absolute Gasteiger partial charge is 0.275 e. The van der Waals surface area contributed by atoms with Gasteiger partial charge in [0.25, 0.3) is 5.91 Å². The number of H-pyrrole nitrogens is 1. The molecule has 4 rings (SSSR count). The molecule has 1 unspecified atom stereocenters. The van der Waals surface area contributed by atoms with Crippen molar-refractivity contribution in [3.63, 3.8) is 0 Å². The van der Waals surface area contributed by atoms with Crippen molar-refractivity contribution in [2.45, 2.75) is 25.3 Å². The lowest BCUT2D eigenvalue weighted by Crippen LogP contribution is -2.49. The second kappa shape index (κ2) is 7.13. The molecule has 1 aromatic carbocycles. The largest absolute Gasteiger partial charge is 0.328 e. The summed E-state index contributed by atoms with van der Waals surface area (Å²) in [4.78, 5) is 15.0. The SMILES string of the molecule is Cl.O=C(c1n[nH]c2c1CCC2)N1CCNCC1c1cccc(Cl)c1. The molecule has 2 aliphatic rings. The maximum atomic E-state index is 13.1. The molecule has 1 aliphatic carbocycles. The first-order chi connectivity index (χ1) is 11.2. The van der Waals surface area contributed by atoms with Gasteiger partial charge in [0.05, 0.1) is 6.04 Å². The van der Waals surface area contributed by atoms with Crippen LogP contribution >= 0.6 is 24.0 Å². The van der Waals surface area contributed by atoms with Crippen molar-refractivity contribution in [1.82, 2.24) is 20.4 Å². The highest BCUT2D eigenvalue weighted by molar-refractivity contribution is 6.30. The quantitative estimate of drug-likeness (QED) is 0.858. The summed E-state index contributed by atoms with van der Waals surface area (Å²) in [7, 11) is 0. The fourth-order valence-electron chi connectivity index (χ4n) is 3.59. The van der Waals surface area contributed by atoms with Crippen LogP contribution in [0.3, 0.4) is 0 Å². The zero-order chi connectivity index (χ0) is 15.8. The van der Waals surface area contributed by atoms with Crippen LogP contribution in [-0.4, -0.2) is 40.6 Å². The Labute approximate surface area is 152 Å². The van der Waals surface area contributed by atoms with Gasteiger partial charge in [0.2, 0.25) is 0 Å². The molecular formula is C17H20Cl2N4O. The molecule has 5 nitrogen and oxygen atoms in total. The van der Waals surface area contributed by atoms with Crippen LogP contribution in [0, 0.1) is 0 Å². The van der Waals surface area contributed by atoms with Crippen LogP contribution in [0.2, 0.25) is 5.02 Å². The summed E-state index contributed by atoms with van der Waals surface area (Å²) in [6.45, 7) is 2.21. The lowest BCUT2D eigenvalue weighted by molar-refractivity contribution is 0.0627. The summed E-state index contributed by atoms with van der Waals surface area (Å²) in [5.74, 6) is 0.0240. The standard InChI is InChI=1S/C17H19ClN4O.ClH/c18-12-4-1-3-11(9-12)15-10-19-7-8-22(15)17(23)16-13-5-2-6-14(13)20-21-16;/h1,3-4,9,15,19H,2,5-8,10H2,(H,20,21);1H. The fourth-order valence-corrected chi connectivity index (χ4v) is 3.79. The Balaban J connectivity index is 0.00000169. The van der Waals surface area contributed by atoms with E-state index in [1.165, 1.54) is 0 Å². The summed E-state index contributed by atoms with van der Waals surface area (Å²) in [5, 5.41) is 11.4. The average Bonchev–Trinajstić information content (AvgIpc) is 3.17. The zero-order valence-electron chi connectivity index (χ0n) is 13.2. The number of hydrogen-bond donors (Lipinski definition) is 2. The first-order valence-corrected chi connectivity index (χ1v) is 8.45. The number of carbonyl (C=O) groups excluding carboxylic acids is 1. The van der Waals surface area contributed by atoms with Gasteiger partial charge in [-0.3, -0.25) is 9.89 Å². The highest BCUT2D eigenvalue weighted by atomic mass is 35.5. The lowest BCUT2D eigenvalue weighted by Gasteiger charge is -2.36. The first-order valence-electron chi connectivity index (χ1n) is 8.07. The van der Waals surface area contributed by atoms with Gasteiger partial charge in [-0.15, -0.1) is 12.4 Å². The number of aryl methyl sites for hydroxylation is 1. The van der Waals surface area contributed by atoms with Crippen LogP contribution in [0.25, 0.3) is 0 Å². The number of fused-ring (bicyclic) bond motifs is 1. The van der Waals surface area contributed by atoms with Gasteiger partial charge in [0.15, 0.2) is 5.69 Å². The van der Waals surface area contributed by atoms with Crippen molar-refractivity contribution in [3.05, 3.63) is 51.8 Å². The Hall–Kier alpha value is -1.56. The number of benzene rings is 1.